The summed E-state index contributed by atoms with van der Waals surface area (Å²) in [5.74, 6) is 0. The van der Waals surface area contributed by atoms with E-state index in [1.54, 1.807) is 11.3 Å². The predicted octanol–water partition coefficient (Wildman–Crippen LogP) is 3.47. The number of fused-ring (bicyclic) bond motifs is 1. The van der Waals surface area contributed by atoms with Gasteiger partial charge in [-0.2, -0.15) is 0 Å². The van der Waals surface area contributed by atoms with Crippen LogP contribution in [0.25, 0.3) is 10.1 Å². The van der Waals surface area contributed by atoms with Crippen molar-refractivity contribution in [3.8, 4) is 0 Å². The van der Waals surface area contributed by atoms with E-state index in [-0.39, 0.29) is 0 Å². The Balaban J connectivity index is 2.66. The molecule has 0 saturated carbocycles. The SMILES string of the molecule is Cc1cc(Br)c2scc(CCN)c2c1. The standard InChI is InChI=1S/C11H12BrNS/c1-7-4-9-8(2-3-13)6-14-11(9)10(12)5-7/h4-6H,2-3,13H2,1H3. The van der Waals surface area contributed by atoms with Gasteiger partial charge in [-0.25, -0.2) is 0 Å². The molecule has 14 heavy (non-hydrogen) atoms. The Kier molecular flexibility index (Phi) is 2.91. The van der Waals surface area contributed by atoms with Crippen LogP contribution in [0.5, 0.6) is 0 Å². The molecule has 0 bridgehead atoms. The third kappa shape index (κ3) is 1.72. The number of hydrogen-bond acceptors (Lipinski definition) is 2. The van der Waals surface area contributed by atoms with Gasteiger partial charge >= 0.3 is 0 Å². The Morgan fingerprint density at radius 1 is 1.43 bits per heavy atom. The molecule has 0 unspecified atom stereocenters. The van der Waals surface area contributed by atoms with Gasteiger partial charge in [-0.3, -0.25) is 0 Å². The van der Waals surface area contributed by atoms with E-state index in [0.29, 0.717) is 0 Å². The van der Waals surface area contributed by atoms with Crippen LogP contribution >= 0.6 is 27.3 Å². The molecule has 0 amide bonds. The molecular formula is C11H12BrNS. The van der Waals surface area contributed by atoms with E-state index in [2.05, 4.69) is 40.4 Å². The highest BCUT2D eigenvalue weighted by molar-refractivity contribution is 9.10. The van der Waals surface area contributed by atoms with Crippen LogP contribution in [0.3, 0.4) is 0 Å². The predicted molar refractivity (Wildman–Crippen MR) is 67.0 cm³/mol. The Morgan fingerprint density at radius 3 is 2.93 bits per heavy atom. The van der Waals surface area contributed by atoms with E-state index < -0.39 is 0 Å². The number of thiophene rings is 1. The van der Waals surface area contributed by atoms with Gasteiger partial charge in [0.05, 0.1) is 0 Å². The summed E-state index contributed by atoms with van der Waals surface area (Å²) in [7, 11) is 0. The molecule has 3 heteroatoms. The van der Waals surface area contributed by atoms with Crippen molar-refractivity contribution in [1.29, 1.82) is 0 Å². The topological polar surface area (TPSA) is 26.0 Å². The number of nitrogens with two attached hydrogens (primary N) is 1. The first-order valence-corrected chi connectivity index (χ1v) is 6.26. The van der Waals surface area contributed by atoms with Crippen LogP contribution in [0, 0.1) is 6.92 Å². The fourth-order valence-electron chi connectivity index (χ4n) is 1.63. The van der Waals surface area contributed by atoms with Gasteiger partial charge in [0, 0.05) is 9.17 Å². The minimum Gasteiger partial charge on any atom is -0.330 e. The van der Waals surface area contributed by atoms with Gasteiger partial charge in [0.1, 0.15) is 0 Å². The highest BCUT2D eigenvalue weighted by atomic mass is 79.9. The molecule has 0 atom stereocenters. The van der Waals surface area contributed by atoms with E-state index in [1.807, 2.05) is 0 Å². The first-order chi connectivity index (χ1) is 6.72. The van der Waals surface area contributed by atoms with Crippen molar-refractivity contribution in [3.63, 3.8) is 0 Å². The molecule has 2 N–H and O–H groups in total. The lowest BCUT2D eigenvalue weighted by molar-refractivity contribution is 0.981. The second-order valence-electron chi connectivity index (χ2n) is 3.42. The normalized spacial score (nSPS) is 11.1. The summed E-state index contributed by atoms with van der Waals surface area (Å²) < 4.78 is 2.53. The molecule has 0 fully saturated rings. The molecular weight excluding hydrogens is 258 g/mol. The molecule has 0 aliphatic carbocycles. The van der Waals surface area contributed by atoms with Crippen LogP contribution in [-0.2, 0) is 6.42 Å². The second-order valence-corrected chi connectivity index (χ2v) is 5.16. The van der Waals surface area contributed by atoms with Gasteiger partial charge in [-0.15, -0.1) is 11.3 Å². The summed E-state index contributed by atoms with van der Waals surface area (Å²) in [6.45, 7) is 2.84. The molecule has 1 nitrogen and oxygen atoms in total. The third-order valence-electron chi connectivity index (χ3n) is 2.27. The maximum atomic E-state index is 5.58. The lowest BCUT2D eigenvalue weighted by atomic mass is 10.1. The first kappa shape index (κ1) is 10.1. The number of halogens is 1. The highest BCUT2D eigenvalue weighted by Crippen LogP contribution is 2.33. The zero-order chi connectivity index (χ0) is 10.1. The molecule has 0 radical (unpaired) electrons. The van der Waals surface area contributed by atoms with Crippen molar-refractivity contribution < 1.29 is 0 Å². The average molecular weight is 270 g/mol. The summed E-state index contributed by atoms with van der Waals surface area (Å²) in [5.41, 5.74) is 8.24. The van der Waals surface area contributed by atoms with Crippen LogP contribution < -0.4 is 5.73 Å². The minimum absolute atomic E-state index is 0.720. The van der Waals surface area contributed by atoms with Crippen LogP contribution in [0.4, 0.5) is 0 Å². The van der Waals surface area contributed by atoms with Crippen LogP contribution in [0.2, 0.25) is 0 Å². The molecule has 2 rings (SSSR count). The summed E-state index contributed by atoms with van der Waals surface area (Å²) >= 11 is 5.38. The molecule has 1 heterocycles. The summed E-state index contributed by atoms with van der Waals surface area (Å²) in [4.78, 5) is 0. The summed E-state index contributed by atoms with van der Waals surface area (Å²) in [6.07, 6.45) is 0.968. The average Bonchev–Trinajstić information content (AvgIpc) is 2.49. The lowest BCUT2D eigenvalue weighted by Crippen LogP contribution is -2.01. The Labute approximate surface area is 96.1 Å². The first-order valence-electron chi connectivity index (χ1n) is 4.58. The molecule has 74 valence electrons. The van der Waals surface area contributed by atoms with E-state index in [9.17, 15) is 0 Å². The van der Waals surface area contributed by atoms with Crippen molar-refractivity contribution in [2.24, 2.45) is 5.73 Å². The molecule has 0 saturated heterocycles. The van der Waals surface area contributed by atoms with E-state index in [1.165, 1.54) is 25.7 Å². The van der Waals surface area contributed by atoms with Crippen molar-refractivity contribution in [2.75, 3.05) is 6.54 Å². The molecule has 1 aromatic heterocycles. The Morgan fingerprint density at radius 2 is 2.21 bits per heavy atom. The summed E-state index contributed by atoms with van der Waals surface area (Å²) in [6, 6.07) is 4.40. The van der Waals surface area contributed by atoms with Gasteiger partial charge in [-0.05, 0) is 63.8 Å². The minimum atomic E-state index is 0.720. The van der Waals surface area contributed by atoms with Crippen molar-refractivity contribution in [1.82, 2.24) is 0 Å². The smallest absolute Gasteiger partial charge is 0.0487 e. The number of rotatable bonds is 2. The molecule has 2 aromatic rings. The van der Waals surface area contributed by atoms with Crippen molar-refractivity contribution in [2.45, 2.75) is 13.3 Å². The Hall–Kier alpha value is -0.380. The van der Waals surface area contributed by atoms with Crippen LogP contribution in [0.15, 0.2) is 22.0 Å². The fourth-order valence-corrected chi connectivity index (χ4v) is 3.48. The zero-order valence-electron chi connectivity index (χ0n) is 8.01. The van der Waals surface area contributed by atoms with E-state index in [0.717, 1.165) is 13.0 Å². The Bertz CT molecular complexity index is 462. The molecule has 0 aliphatic rings. The maximum absolute atomic E-state index is 5.58. The third-order valence-corrected chi connectivity index (χ3v) is 4.23. The lowest BCUT2D eigenvalue weighted by Gasteiger charge is -2.00. The highest BCUT2D eigenvalue weighted by Gasteiger charge is 2.06. The van der Waals surface area contributed by atoms with Crippen molar-refractivity contribution >= 4 is 37.4 Å². The molecule has 0 spiro atoms. The largest absolute Gasteiger partial charge is 0.330 e. The van der Waals surface area contributed by atoms with E-state index in [4.69, 9.17) is 5.73 Å². The number of aryl methyl sites for hydroxylation is 1. The van der Waals surface area contributed by atoms with Crippen molar-refractivity contribution in [3.05, 3.63) is 33.1 Å². The zero-order valence-corrected chi connectivity index (χ0v) is 10.4. The summed E-state index contributed by atoms with van der Waals surface area (Å²) in [5, 5.41) is 3.56. The quantitative estimate of drug-likeness (QED) is 0.888. The van der Waals surface area contributed by atoms with Gasteiger partial charge in [-0.1, -0.05) is 6.07 Å². The van der Waals surface area contributed by atoms with Gasteiger partial charge in [0.2, 0.25) is 0 Å². The molecule has 1 aromatic carbocycles. The number of benzene rings is 1. The van der Waals surface area contributed by atoms with Gasteiger partial charge < -0.3 is 5.73 Å². The second kappa shape index (κ2) is 4.01. The van der Waals surface area contributed by atoms with Gasteiger partial charge in [0.15, 0.2) is 0 Å². The van der Waals surface area contributed by atoms with E-state index >= 15 is 0 Å². The number of hydrogen-bond donors (Lipinski definition) is 1. The maximum Gasteiger partial charge on any atom is 0.0487 e. The fraction of sp³-hybridized carbons (Fsp3) is 0.273. The monoisotopic (exact) mass is 269 g/mol. The molecule has 0 aliphatic heterocycles. The van der Waals surface area contributed by atoms with Crippen LogP contribution in [-0.4, -0.2) is 6.54 Å². The van der Waals surface area contributed by atoms with Crippen LogP contribution in [0.1, 0.15) is 11.1 Å². The van der Waals surface area contributed by atoms with Gasteiger partial charge in [0.25, 0.3) is 0 Å².